The van der Waals surface area contributed by atoms with Crippen LogP contribution in [0.2, 0.25) is 0 Å². The van der Waals surface area contributed by atoms with Crippen molar-refractivity contribution < 1.29 is 32.2 Å². The molecule has 11 heteroatoms. The summed E-state index contributed by atoms with van der Waals surface area (Å²) >= 11 is 0. The molecular weight excluding hydrogens is 393 g/mol. The van der Waals surface area contributed by atoms with Crippen molar-refractivity contribution in [3.63, 3.8) is 0 Å². The third-order valence-corrected chi connectivity index (χ3v) is 3.57. The predicted molar refractivity (Wildman–Crippen MR) is 98.9 cm³/mol. The molecule has 2 rings (SSSR count). The molecule has 1 aromatic heterocycles. The van der Waals surface area contributed by atoms with Gasteiger partial charge in [-0.15, -0.1) is 13.2 Å². The van der Waals surface area contributed by atoms with Crippen LogP contribution in [0.1, 0.15) is 37.3 Å². The van der Waals surface area contributed by atoms with Gasteiger partial charge in [0.25, 0.3) is 0 Å². The number of nitrogens with one attached hydrogen (secondary N) is 2. The molecule has 29 heavy (non-hydrogen) atoms. The maximum absolute atomic E-state index is 12.2. The summed E-state index contributed by atoms with van der Waals surface area (Å²) in [5, 5.41) is 4.93. The number of rotatable bonds is 8. The number of urea groups is 1. The van der Waals surface area contributed by atoms with Gasteiger partial charge >= 0.3 is 18.4 Å². The summed E-state index contributed by atoms with van der Waals surface area (Å²) in [7, 11) is 0. The van der Waals surface area contributed by atoms with Crippen LogP contribution in [0.4, 0.5) is 29.5 Å². The zero-order valence-electron chi connectivity index (χ0n) is 15.9. The van der Waals surface area contributed by atoms with Crippen LogP contribution in [0, 0.1) is 0 Å². The van der Waals surface area contributed by atoms with Crippen LogP contribution >= 0.6 is 0 Å². The number of halogens is 3. The third-order valence-electron chi connectivity index (χ3n) is 3.57. The smallest absolute Gasteiger partial charge is 0.460 e. The van der Waals surface area contributed by atoms with E-state index in [1.54, 1.807) is 11.5 Å². The minimum atomic E-state index is -4.79. The molecule has 158 valence electrons. The Bertz CT molecular complexity index is 835. The quantitative estimate of drug-likeness (QED) is 0.625. The number of amides is 2. The normalized spacial score (nSPS) is 11.1. The van der Waals surface area contributed by atoms with Gasteiger partial charge in [0.2, 0.25) is 5.82 Å². The molecule has 0 radical (unpaired) electrons. The highest BCUT2D eigenvalue weighted by molar-refractivity contribution is 5.99. The van der Waals surface area contributed by atoms with Crippen LogP contribution in [0.5, 0.6) is 5.75 Å². The van der Waals surface area contributed by atoms with Gasteiger partial charge in [-0.05, 0) is 37.6 Å². The minimum Gasteiger partial charge on any atom is -0.460 e. The van der Waals surface area contributed by atoms with Crippen molar-refractivity contribution in [2.24, 2.45) is 0 Å². The molecule has 0 saturated heterocycles. The van der Waals surface area contributed by atoms with Crippen molar-refractivity contribution in [1.82, 2.24) is 9.55 Å². The van der Waals surface area contributed by atoms with Gasteiger partial charge in [-0.3, -0.25) is 5.32 Å². The molecule has 0 saturated carbocycles. The summed E-state index contributed by atoms with van der Waals surface area (Å²) in [6.07, 6.45) is -1.57. The SMILES string of the molecule is CCCCn1cc(NC(=O)Nc2ccc(OC(F)(F)F)cc2)nc1C(=O)OCC. The lowest BCUT2D eigenvalue weighted by molar-refractivity contribution is -0.274. The first-order chi connectivity index (χ1) is 13.7. The standard InChI is InChI=1S/C18H21F3N4O4/c1-3-5-10-25-11-14(23-15(25)16(26)28-4-2)24-17(27)22-12-6-8-13(9-7-12)29-18(19,20)21/h6-9,11H,3-5,10H2,1-2H3,(H2,22,24,27). The molecule has 0 bridgehead atoms. The number of hydrogen-bond acceptors (Lipinski definition) is 5. The molecule has 2 N–H and O–H groups in total. The molecule has 2 aromatic rings. The van der Waals surface area contributed by atoms with E-state index in [2.05, 4.69) is 20.4 Å². The van der Waals surface area contributed by atoms with E-state index in [1.807, 2.05) is 6.92 Å². The molecule has 0 fully saturated rings. The van der Waals surface area contributed by atoms with Crippen molar-refractivity contribution in [2.45, 2.75) is 39.6 Å². The van der Waals surface area contributed by atoms with E-state index in [1.165, 1.54) is 18.3 Å². The van der Waals surface area contributed by atoms with Crippen molar-refractivity contribution in [1.29, 1.82) is 0 Å². The number of ether oxygens (including phenoxy) is 2. The van der Waals surface area contributed by atoms with Gasteiger partial charge in [0.1, 0.15) is 5.75 Å². The molecule has 1 aromatic carbocycles. The molecule has 2 amide bonds. The van der Waals surface area contributed by atoms with Gasteiger partial charge in [-0.2, -0.15) is 0 Å². The van der Waals surface area contributed by atoms with E-state index in [0.29, 0.717) is 6.54 Å². The van der Waals surface area contributed by atoms with E-state index >= 15 is 0 Å². The second-order valence-corrected chi connectivity index (χ2v) is 5.87. The first-order valence-electron chi connectivity index (χ1n) is 8.90. The van der Waals surface area contributed by atoms with Crippen molar-refractivity contribution in [3.8, 4) is 5.75 Å². The molecule has 0 atom stereocenters. The number of imidazole rings is 1. The average Bonchev–Trinajstić information content (AvgIpc) is 3.03. The summed E-state index contributed by atoms with van der Waals surface area (Å²) in [4.78, 5) is 28.2. The molecule has 1 heterocycles. The molecule has 0 aliphatic heterocycles. The summed E-state index contributed by atoms with van der Waals surface area (Å²) < 4.78 is 46.8. The summed E-state index contributed by atoms with van der Waals surface area (Å²) in [6.45, 7) is 4.39. The second kappa shape index (κ2) is 9.80. The largest absolute Gasteiger partial charge is 0.573 e. The Morgan fingerprint density at radius 1 is 1.14 bits per heavy atom. The van der Waals surface area contributed by atoms with Crippen molar-refractivity contribution in [2.75, 3.05) is 17.2 Å². The highest BCUT2D eigenvalue weighted by Crippen LogP contribution is 2.24. The van der Waals surface area contributed by atoms with E-state index in [-0.39, 0.29) is 23.9 Å². The molecule has 0 spiro atoms. The van der Waals surface area contributed by atoms with Gasteiger partial charge in [-0.1, -0.05) is 13.3 Å². The Morgan fingerprint density at radius 2 is 1.83 bits per heavy atom. The second-order valence-electron chi connectivity index (χ2n) is 5.87. The number of anilines is 2. The van der Waals surface area contributed by atoms with Crippen LogP contribution in [-0.4, -0.2) is 34.5 Å². The van der Waals surface area contributed by atoms with Gasteiger partial charge in [0, 0.05) is 18.4 Å². The summed E-state index contributed by atoms with van der Waals surface area (Å²) in [6, 6.07) is 3.97. The lowest BCUT2D eigenvalue weighted by Gasteiger charge is -2.10. The number of unbranched alkanes of at least 4 members (excludes halogenated alkanes) is 1. The fourth-order valence-corrected chi connectivity index (χ4v) is 2.35. The molecule has 8 nitrogen and oxygen atoms in total. The lowest BCUT2D eigenvalue weighted by atomic mass is 10.3. The molecule has 0 aliphatic carbocycles. The zero-order valence-corrected chi connectivity index (χ0v) is 15.9. The molecular formula is C18H21F3N4O4. The van der Waals surface area contributed by atoms with E-state index in [4.69, 9.17) is 4.74 Å². The first-order valence-corrected chi connectivity index (χ1v) is 8.90. The zero-order chi connectivity index (χ0) is 21.4. The maximum atomic E-state index is 12.2. The van der Waals surface area contributed by atoms with Crippen LogP contribution < -0.4 is 15.4 Å². The van der Waals surface area contributed by atoms with Gasteiger partial charge in [-0.25, -0.2) is 14.6 Å². The van der Waals surface area contributed by atoms with Crippen molar-refractivity contribution >= 4 is 23.5 Å². The van der Waals surface area contributed by atoms with Gasteiger partial charge < -0.3 is 19.4 Å². The topological polar surface area (TPSA) is 94.5 Å². The summed E-state index contributed by atoms with van der Waals surface area (Å²) in [5.74, 6) is -0.794. The van der Waals surface area contributed by atoms with Crippen molar-refractivity contribution in [3.05, 3.63) is 36.3 Å². The fraction of sp³-hybridized carbons (Fsp3) is 0.389. The lowest BCUT2D eigenvalue weighted by Crippen LogP contribution is -2.20. The highest BCUT2D eigenvalue weighted by Gasteiger charge is 2.31. The van der Waals surface area contributed by atoms with E-state index < -0.39 is 24.1 Å². The minimum absolute atomic E-state index is 0.0734. The van der Waals surface area contributed by atoms with Crippen LogP contribution in [0.3, 0.4) is 0 Å². The number of esters is 1. The molecule has 0 unspecified atom stereocenters. The fourth-order valence-electron chi connectivity index (χ4n) is 2.35. The van der Waals surface area contributed by atoms with E-state index in [9.17, 15) is 22.8 Å². The summed E-state index contributed by atoms with van der Waals surface area (Å²) in [5.41, 5.74) is 0.244. The van der Waals surface area contributed by atoms with Gasteiger partial charge in [0.15, 0.2) is 5.82 Å². The highest BCUT2D eigenvalue weighted by atomic mass is 19.4. The number of alkyl halides is 3. The van der Waals surface area contributed by atoms with Gasteiger partial charge in [0.05, 0.1) is 6.61 Å². The first kappa shape index (κ1) is 22.1. The number of nitrogens with zero attached hydrogens (tertiary/aromatic N) is 2. The van der Waals surface area contributed by atoms with E-state index in [0.717, 1.165) is 25.0 Å². The van der Waals surface area contributed by atoms with Crippen LogP contribution in [0.15, 0.2) is 30.5 Å². The number of carbonyl (C=O) groups is 2. The Kier molecular flexibility index (Phi) is 7.46. The Hall–Kier alpha value is -3.24. The number of aryl methyl sites for hydroxylation is 1. The Balaban J connectivity index is 2.03. The third kappa shape index (κ3) is 7.01. The predicted octanol–water partition coefficient (Wildman–Crippen LogP) is 4.40. The molecule has 0 aliphatic rings. The number of benzene rings is 1. The van der Waals surface area contributed by atoms with Crippen LogP contribution in [0.25, 0.3) is 0 Å². The Labute approximate surface area is 165 Å². The Morgan fingerprint density at radius 3 is 2.41 bits per heavy atom. The monoisotopic (exact) mass is 414 g/mol. The van der Waals surface area contributed by atoms with Crippen LogP contribution in [-0.2, 0) is 11.3 Å². The number of carbonyl (C=O) groups excluding carboxylic acids is 2. The maximum Gasteiger partial charge on any atom is 0.573 e. The number of aromatic nitrogens is 2. The number of hydrogen-bond donors (Lipinski definition) is 2. The average molecular weight is 414 g/mol.